The smallest absolute Gasteiger partial charge is 0.339 e. The highest BCUT2D eigenvalue weighted by atomic mass is 16.5. The molecule has 0 aliphatic carbocycles. The third-order valence-electron chi connectivity index (χ3n) is 5.07. The van der Waals surface area contributed by atoms with Crippen LogP contribution in [0.2, 0.25) is 0 Å². The summed E-state index contributed by atoms with van der Waals surface area (Å²) in [4.78, 5) is 16.8. The number of para-hydroxylation sites is 1. The summed E-state index contributed by atoms with van der Waals surface area (Å²) in [5.74, 6) is 1.39. The van der Waals surface area contributed by atoms with E-state index in [2.05, 4.69) is 9.80 Å². The minimum Gasteiger partial charge on any atom is -0.497 e. The molecule has 1 heterocycles. The lowest BCUT2D eigenvalue weighted by molar-refractivity contribution is 0.0601. The zero-order chi connectivity index (χ0) is 19.9. The molecule has 1 aliphatic heterocycles. The lowest BCUT2D eigenvalue weighted by atomic mass is 10.1. The highest BCUT2D eigenvalue weighted by Gasteiger charge is 2.23. The highest BCUT2D eigenvalue weighted by molar-refractivity contribution is 5.96. The first-order valence-electron chi connectivity index (χ1n) is 9.54. The quantitative estimate of drug-likeness (QED) is 0.684. The monoisotopic (exact) mass is 384 g/mol. The number of rotatable bonds is 7. The lowest BCUT2D eigenvalue weighted by Gasteiger charge is -2.37. The van der Waals surface area contributed by atoms with E-state index in [1.165, 1.54) is 7.11 Å². The molecular weight excluding hydrogens is 356 g/mol. The van der Waals surface area contributed by atoms with Crippen LogP contribution in [-0.2, 0) is 4.74 Å². The van der Waals surface area contributed by atoms with Crippen molar-refractivity contribution in [1.29, 1.82) is 0 Å². The number of hydrogen-bond donors (Lipinski definition) is 0. The van der Waals surface area contributed by atoms with Gasteiger partial charge in [-0.1, -0.05) is 12.1 Å². The summed E-state index contributed by atoms with van der Waals surface area (Å²) < 4.78 is 15.9. The van der Waals surface area contributed by atoms with Crippen molar-refractivity contribution in [2.24, 2.45) is 0 Å². The van der Waals surface area contributed by atoms with Crippen LogP contribution in [0.1, 0.15) is 15.9 Å². The fraction of sp³-hybridized carbons (Fsp3) is 0.409. The number of aryl methyl sites for hydroxylation is 1. The Labute approximate surface area is 166 Å². The summed E-state index contributed by atoms with van der Waals surface area (Å²) in [5.41, 5.74) is 2.72. The Morgan fingerprint density at radius 1 is 0.964 bits per heavy atom. The summed E-state index contributed by atoms with van der Waals surface area (Å²) in [7, 11) is 3.08. The van der Waals surface area contributed by atoms with E-state index in [-0.39, 0.29) is 5.97 Å². The summed E-state index contributed by atoms with van der Waals surface area (Å²) >= 11 is 0. The van der Waals surface area contributed by atoms with Crippen molar-refractivity contribution in [3.05, 3.63) is 53.6 Å². The summed E-state index contributed by atoms with van der Waals surface area (Å²) in [5, 5.41) is 0. The number of piperazine rings is 1. The van der Waals surface area contributed by atoms with Crippen LogP contribution in [0.15, 0.2) is 42.5 Å². The van der Waals surface area contributed by atoms with Crippen LogP contribution >= 0.6 is 0 Å². The maximum absolute atomic E-state index is 12.1. The van der Waals surface area contributed by atoms with Gasteiger partial charge in [0.25, 0.3) is 0 Å². The molecule has 150 valence electrons. The molecule has 1 fully saturated rings. The van der Waals surface area contributed by atoms with E-state index in [0.29, 0.717) is 12.2 Å². The molecule has 3 rings (SSSR count). The topological polar surface area (TPSA) is 51.2 Å². The second kappa shape index (κ2) is 9.46. The van der Waals surface area contributed by atoms with E-state index in [1.54, 1.807) is 7.11 Å². The van der Waals surface area contributed by atoms with Crippen molar-refractivity contribution in [3.8, 4) is 11.5 Å². The molecule has 2 aromatic carbocycles. The van der Waals surface area contributed by atoms with Crippen molar-refractivity contribution < 1.29 is 19.0 Å². The van der Waals surface area contributed by atoms with E-state index < -0.39 is 0 Å². The molecule has 6 nitrogen and oxygen atoms in total. The van der Waals surface area contributed by atoms with Crippen LogP contribution < -0.4 is 14.4 Å². The van der Waals surface area contributed by atoms with Gasteiger partial charge in [-0.3, -0.25) is 4.90 Å². The Morgan fingerprint density at radius 2 is 1.64 bits per heavy atom. The lowest BCUT2D eigenvalue weighted by Crippen LogP contribution is -2.48. The largest absolute Gasteiger partial charge is 0.497 e. The average Bonchev–Trinajstić information content (AvgIpc) is 2.74. The van der Waals surface area contributed by atoms with Crippen LogP contribution in [0.4, 0.5) is 5.69 Å². The van der Waals surface area contributed by atoms with Crippen molar-refractivity contribution in [2.75, 3.05) is 58.5 Å². The van der Waals surface area contributed by atoms with Gasteiger partial charge in [0.1, 0.15) is 18.1 Å². The summed E-state index contributed by atoms with van der Waals surface area (Å²) in [6.45, 7) is 7.16. The van der Waals surface area contributed by atoms with Crippen LogP contribution in [0.25, 0.3) is 0 Å². The Balaban J connectivity index is 1.51. The minimum absolute atomic E-state index is 0.283. The molecule has 0 unspecified atom stereocenters. The molecule has 0 bridgehead atoms. The number of benzene rings is 2. The van der Waals surface area contributed by atoms with Gasteiger partial charge >= 0.3 is 5.97 Å². The van der Waals surface area contributed by atoms with Crippen LogP contribution in [0.5, 0.6) is 11.5 Å². The maximum atomic E-state index is 12.1. The minimum atomic E-state index is -0.283. The van der Waals surface area contributed by atoms with Gasteiger partial charge in [0.2, 0.25) is 0 Å². The summed E-state index contributed by atoms with van der Waals surface area (Å²) in [6.07, 6.45) is 0. The molecule has 0 aromatic heterocycles. The molecule has 0 atom stereocenters. The first kappa shape index (κ1) is 20.0. The van der Waals surface area contributed by atoms with Crippen molar-refractivity contribution in [2.45, 2.75) is 6.92 Å². The fourth-order valence-electron chi connectivity index (χ4n) is 3.51. The van der Waals surface area contributed by atoms with E-state index in [0.717, 1.165) is 55.5 Å². The number of ether oxygens (including phenoxy) is 3. The first-order chi connectivity index (χ1) is 13.6. The standard InChI is InChI=1S/C22H28N2O4/c1-17-5-4-6-20(22(25)27-3)21(17)24-13-11-23(12-14-24)15-16-28-19-9-7-18(26-2)8-10-19/h4-10H,11-16H2,1-3H3. The number of hydrogen-bond acceptors (Lipinski definition) is 6. The van der Waals surface area contributed by atoms with Gasteiger partial charge in [-0.25, -0.2) is 4.79 Å². The van der Waals surface area contributed by atoms with Crippen LogP contribution in [0.3, 0.4) is 0 Å². The number of carbonyl (C=O) groups is 1. The third-order valence-corrected chi connectivity index (χ3v) is 5.07. The average molecular weight is 384 g/mol. The predicted octanol–water partition coefficient (Wildman–Crippen LogP) is 2.99. The molecule has 0 radical (unpaired) electrons. The van der Waals surface area contributed by atoms with Crippen molar-refractivity contribution in [1.82, 2.24) is 4.90 Å². The summed E-state index contributed by atoms with van der Waals surface area (Å²) in [6, 6.07) is 13.4. The van der Waals surface area contributed by atoms with E-state index in [4.69, 9.17) is 14.2 Å². The van der Waals surface area contributed by atoms with Crippen LogP contribution in [-0.4, -0.2) is 64.4 Å². The molecule has 28 heavy (non-hydrogen) atoms. The van der Waals surface area contributed by atoms with Crippen LogP contribution in [0, 0.1) is 6.92 Å². The van der Waals surface area contributed by atoms with Gasteiger partial charge in [-0.2, -0.15) is 0 Å². The van der Waals surface area contributed by atoms with Crippen molar-refractivity contribution in [3.63, 3.8) is 0 Å². The van der Waals surface area contributed by atoms with Gasteiger partial charge in [0.05, 0.1) is 25.5 Å². The molecule has 2 aromatic rings. The van der Waals surface area contributed by atoms with E-state index in [9.17, 15) is 4.79 Å². The van der Waals surface area contributed by atoms with E-state index in [1.807, 2.05) is 49.4 Å². The molecule has 0 N–H and O–H groups in total. The maximum Gasteiger partial charge on any atom is 0.339 e. The number of anilines is 1. The van der Waals surface area contributed by atoms with E-state index >= 15 is 0 Å². The van der Waals surface area contributed by atoms with Gasteiger partial charge in [0, 0.05) is 32.7 Å². The van der Waals surface area contributed by atoms with Gasteiger partial charge in [-0.05, 0) is 42.8 Å². The molecule has 0 amide bonds. The third kappa shape index (κ3) is 4.75. The Kier molecular flexibility index (Phi) is 6.76. The number of methoxy groups -OCH3 is 2. The number of esters is 1. The zero-order valence-electron chi connectivity index (χ0n) is 16.8. The Bertz CT molecular complexity index is 784. The van der Waals surface area contributed by atoms with Crippen molar-refractivity contribution >= 4 is 11.7 Å². The highest BCUT2D eigenvalue weighted by Crippen LogP contribution is 2.27. The van der Waals surface area contributed by atoms with Gasteiger partial charge in [0.15, 0.2) is 0 Å². The molecule has 1 aliphatic rings. The number of carbonyl (C=O) groups excluding carboxylic acids is 1. The molecule has 6 heteroatoms. The van der Waals surface area contributed by atoms with Gasteiger partial charge in [-0.15, -0.1) is 0 Å². The first-order valence-corrected chi connectivity index (χ1v) is 9.54. The SMILES string of the molecule is COC(=O)c1cccc(C)c1N1CCN(CCOc2ccc(OC)cc2)CC1. The fourth-order valence-corrected chi connectivity index (χ4v) is 3.51. The second-order valence-electron chi connectivity index (χ2n) is 6.82. The Hall–Kier alpha value is -2.73. The molecule has 1 saturated heterocycles. The molecular formula is C22H28N2O4. The molecule has 0 saturated carbocycles. The predicted molar refractivity (Wildman–Crippen MR) is 110 cm³/mol. The normalized spacial score (nSPS) is 14.6. The molecule has 0 spiro atoms. The zero-order valence-corrected chi connectivity index (χ0v) is 16.8. The Morgan fingerprint density at radius 3 is 2.29 bits per heavy atom. The second-order valence-corrected chi connectivity index (χ2v) is 6.82. The number of nitrogens with zero attached hydrogens (tertiary/aromatic N) is 2. The van der Waals surface area contributed by atoms with Gasteiger partial charge < -0.3 is 19.1 Å².